The Kier molecular flexibility index (Phi) is 6.51. The van der Waals surface area contributed by atoms with Gasteiger partial charge < -0.3 is 9.88 Å². The van der Waals surface area contributed by atoms with Crippen LogP contribution in [0.5, 0.6) is 0 Å². The van der Waals surface area contributed by atoms with Gasteiger partial charge in [-0.3, -0.25) is 4.79 Å². The predicted molar refractivity (Wildman–Crippen MR) is 93.3 cm³/mol. The average molecular weight is 338 g/mol. The summed E-state index contributed by atoms with van der Waals surface area (Å²) in [7, 11) is 0. The SMILES string of the molecule is CCCn1ccnc1SCC(=O)N[C@H](c1cccs1)C(C)C. The van der Waals surface area contributed by atoms with Gasteiger partial charge in [-0.2, -0.15) is 0 Å². The summed E-state index contributed by atoms with van der Waals surface area (Å²) in [4.78, 5) is 17.8. The summed E-state index contributed by atoms with van der Waals surface area (Å²) < 4.78 is 2.09. The molecule has 120 valence electrons. The van der Waals surface area contributed by atoms with Crippen LogP contribution in [-0.4, -0.2) is 21.2 Å². The molecule has 2 rings (SSSR count). The van der Waals surface area contributed by atoms with Gasteiger partial charge in [-0.25, -0.2) is 4.98 Å². The molecule has 6 heteroatoms. The van der Waals surface area contributed by atoms with Crippen LogP contribution >= 0.6 is 23.1 Å². The van der Waals surface area contributed by atoms with E-state index >= 15 is 0 Å². The van der Waals surface area contributed by atoms with Crippen molar-refractivity contribution >= 4 is 29.0 Å². The molecule has 0 aliphatic heterocycles. The van der Waals surface area contributed by atoms with Crippen LogP contribution in [0.4, 0.5) is 0 Å². The molecular weight excluding hydrogens is 314 g/mol. The number of aryl methyl sites for hydroxylation is 1. The van der Waals surface area contributed by atoms with E-state index in [1.807, 2.05) is 17.6 Å². The number of aromatic nitrogens is 2. The van der Waals surface area contributed by atoms with Crippen LogP contribution in [0.2, 0.25) is 0 Å². The summed E-state index contributed by atoms with van der Waals surface area (Å²) in [5.74, 6) is 0.827. The van der Waals surface area contributed by atoms with Crippen molar-refractivity contribution in [2.75, 3.05) is 5.75 Å². The number of rotatable bonds is 8. The van der Waals surface area contributed by atoms with Gasteiger partial charge in [-0.1, -0.05) is 38.6 Å². The molecule has 0 radical (unpaired) electrons. The van der Waals surface area contributed by atoms with E-state index in [1.165, 1.54) is 16.6 Å². The molecule has 0 saturated heterocycles. The van der Waals surface area contributed by atoms with Gasteiger partial charge in [0.1, 0.15) is 0 Å². The van der Waals surface area contributed by atoms with Gasteiger partial charge >= 0.3 is 0 Å². The maximum Gasteiger partial charge on any atom is 0.230 e. The fourth-order valence-corrected chi connectivity index (χ4v) is 3.97. The number of nitrogens with one attached hydrogen (secondary N) is 1. The van der Waals surface area contributed by atoms with Crippen molar-refractivity contribution in [3.63, 3.8) is 0 Å². The Morgan fingerprint density at radius 3 is 2.95 bits per heavy atom. The highest BCUT2D eigenvalue weighted by molar-refractivity contribution is 7.99. The lowest BCUT2D eigenvalue weighted by atomic mass is 10.0. The minimum Gasteiger partial charge on any atom is -0.347 e. The second-order valence-electron chi connectivity index (χ2n) is 5.50. The summed E-state index contributed by atoms with van der Waals surface area (Å²) in [6.07, 6.45) is 4.81. The summed E-state index contributed by atoms with van der Waals surface area (Å²) in [6, 6.07) is 4.19. The summed E-state index contributed by atoms with van der Waals surface area (Å²) >= 11 is 3.18. The highest BCUT2D eigenvalue weighted by Gasteiger charge is 2.19. The minimum absolute atomic E-state index is 0.0585. The number of carbonyl (C=O) groups excluding carboxylic acids is 1. The monoisotopic (exact) mass is 337 g/mol. The summed E-state index contributed by atoms with van der Waals surface area (Å²) in [5, 5.41) is 6.11. The average Bonchev–Trinajstić information content (AvgIpc) is 3.14. The van der Waals surface area contributed by atoms with E-state index < -0.39 is 0 Å². The second kappa shape index (κ2) is 8.39. The Hall–Kier alpha value is -1.27. The Morgan fingerprint density at radius 1 is 1.50 bits per heavy atom. The molecule has 0 aliphatic rings. The van der Waals surface area contributed by atoms with Gasteiger partial charge in [0, 0.05) is 23.8 Å². The van der Waals surface area contributed by atoms with Crippen LogP contribution in [0.25, 0.3) is 0 Å². The van der Waals surface area contributed by atoms with Crippen molar-refractivity contribution in [2.24, 2.45) is 5.92 Å². The van der Waals surface area contributed by atoms with E-state index in [9.17, 15) is 4.79 Å². The topological polar surface area (TPSA) is 46.9 Å². The lowest BCUT2D eigenvalue weighted by Crippen LogP contribution is -2.32. The third-order valence-corrected chi connectivity index (χ3v) is 5.27. The number of hydrogen-bond donors (Lipinski definition) is 1. The first kappa shape index (κ1) is 17.1. The lowest BCUT2D eigenvalue weighted by Gasteiger charge is -2.21. The number of thiophene rings is 1. The maximum atomic E-state index is 12.3. The number of nitrogens with zero attached hydrogens (tertiary/aromatic N) is 2. The molecule has 4 nitrogen and oxygen atoms in total. The zero-order valence-corrected chi connectivity index (χ0v) is 14.9. The Labute approximate surface area is 140 Å². The summed E-state index contributed by atoms with van der Waals surface area (Å²) in [6.45, 7) is 7.33. The highest BCUT2D eigenvalue weighted by Crippen LogP contribution is 2.26. The van der Waals surface area contributed by atoms with Crippen molar-refractivity contribution in [3.05, 3.63) is 34.8 Å². The molecule has 0 unspecified atom stereocenters. The maximum absolute atomic E-state index is 12.3. The first-order valence-corrected chi connectivity index (χ1v) is 9.45. The number of amides is 1. The van der Waals surface area contributed by atoms with Gasteiger partial charge in [-0.05, 0) is 23.8 Å². The van der Waals surface area contributed by atoms with Crippen LogP contribution in [0, 0.1) is 5.92 Å². The second-order valence-corrected chi connectivity index (χ2v) is 7.42. The fourth-order valence-electron chi connectivity index (χ4n) is 2.23. The van der Waals surface area contributed by atoms with Crippen molar-refractivity contribution in [2.45, 2.75) is 44.9 Å². The number of hydrogen-bond acceptors (Lipinski definition) is 4. The lowest BCUT2D eigenvalue weighted by molar-refractivity contribution is -0.119. The molecule has 22 heavy (non-hydrogen) atoms. The van der Waals surface area contributed by atoms with Crippen LogP contribution in [-0.2, 0) is 11.3 Å². The van der Waals surface area contributed by atoms with Gasteiger partial charge in [0.05, 0.1) is 11.8 Å². The molecule has 0 aliphatic carbocycles. The van der Waals surface area contributed by atoms with Gasteiger partial charge in [0.15, 0.2) is 5.16 Å². The zero-order valence-electron chi connectivity index (χ0n) is 13.3. The van der Waals surface area contributed by atoms with E-state index in [4.69, 9.17) is 0 Å². The third-order valence-electron chi connectivity index (χ3n) is 3.31. The standard InChI is InChI=1S/C16H23N3OS2/c1-4-8-19-9-7-17-16(19)22-11-14(20)18-15(12(2)3)13-6-5-10-21-13/h5-7,9-10,12,15H,4,8,11H2,1-3H3,(H,18,20)/t15-/m0/s1. The van der Waals surface area contributed by atoms with Crippen LogP contribution in [0.15, 0.2) is 35.1 Å². The largest absolute Gasteiger partial charge is 0.347 e. The first-order chi connectivity index (χ1) is 10.6. The molecule has 0 fully saturated rings. The van der Waals surface area contributed by atoms with Gasteiger partial charge in [0.2, 0.25) is 5.91 Å². The Balaban J connectivity index is 1.90. The molecule has 0 bridgehead atoms. The molecular formula is C16H23N3OS2. The molecule has 0 aromatic carbocycles. The van der Waals surface area contributed by atoms with E-state index in [1.54, 1.807) is 17.5 Å². The van der Waals surface area contributed by atoms with E-state index in [0.717, 1.165) is 18.1 Å². The molecule has 2 heterocycles. The van der Waals surface area contributed by atoms with Crippen molar-refractivity contribution < 1.29 is 4.79 Å². The summed E-state index contributed by atoms with van der Waals surface area (Å²) in [5.41, 5.74) is 0. The molecule has 1 amide bonds. The smallest absolute Gasteiger partial charge is 0.230 e. The van der Waals surface area contributed by atoms with Crippen LogP contribution in [0.1, 0.15) is 38.1 Å². The van der Waals surface area contributed by atoms with E-state index in [2.05, 4.69) is 41.7 Å². The van der Waals surface area contributed by atoms with E-state index in [-0.39, 0.29) is 11.9 Å². The Bertz CT molecular complexity index is 578. The van der Waals surface area contributed by atoms with Crippen molar-refractivity contribution in [1.29, 1.82) is 0 Å². The number of carbonyl (C=O) groups is 1. The third kappa shape index (κ3) is 4.61. The number of thioether (sulfide) groups is 1. The van der Waals surface area contributed by atoms with Crippen molar-refractivity contribution in [3.8, 4) is 0 Å². The molecule has 1 atom stereocenters. The molecule has 2 aromatic heterocycles. The normalized spacial score (nSPS) is 12.5. The first-order valence-electron chi connectivity index (χ1n) is 7.58. The van der Waals surface area contributed by atoms with E-state index in [0.29, 0.717) is 11.7 Å². The molecule has 1 N–H and O–H groups in total. The Morgan fingerprint density at radius 2 is 2.32 bits per heavy atom. The molecule has 2 aromatic rings. The zero-order chi connectivity index (χ0) is 15.9. The quantitative estimate of drug-likeness (QED) is 0.742. The van der Waals surface area contributed by atoms with Crippen LogP contribution in [0.3, 0.4) is 0 Å². The fraction of sp³-hybridized carbons (Fsp3) is 0.500. The predicted octanol–water partition coefficient (Wildman–Crippen LogP) is 3.96. The number of imidazole rings is 1. The highest BCUT2D eigenvalue weighted by atomic mass is 32.2. The van der Waals surface area contributed by atoms with Gasteiger partial charge in [-0.15, -0.1) is 11.3 Å². The molecule has 0 spiro atoms. The molecule has 0 saturated carbocycles. The minimum atomic E-state index is 0.0585. The van der Waals surface area contributed by atoms with Gasteiger partial charge in [0.25, 0.3) is 0 Å². The van der Waals surface area contributed by atoms with Crippen LogP contribution < -0.4 is 5.32 Å². The van der Waals surface area contributed by atoms with Crippen molar-refractivity contribution in [1.82, 2.24) is 14.9 Å².